The van der Waals surface area contributed by atoms with Crippen molar-refractivity contribution in [2.24, 2.45) is 4.99 Å². The second-order valence-corrected chi connectivity index (χ2v) is 6.10. The number of fused-ring (bicyclic) bond motifs is 1. The van der Waals surface area contributed by atoms with Crippen LogP contribution in [0.15, 0.2) is 46.0 Å². The summed E-state index contributed by atoms with van der Waals surface area (Å²) in [6, 6.07) is 8.75. The second-order valence-electron chi connectivity index (χ2n) is 5.09. The van der Waals surface area contributed by atoms with Gasteiger partial charge in [0.25, 0.3) is 0 Å². The molecule has 0 aliphatic heterocycles. The van der Waals surface area contributed by atoms with Gasteiger partial charge in [0, 0.05) is 6.54 Å². The first-order chi connectivity index (χ1) is 12.1. The summed E-state index contributed by atoms with van der Waals surface area (Å²) >= 11 is 1.34. The number of methoxy groups -OCH3 is 2. The van der Waals surface area contributed by atoms with Crippen LogP contribution in [0.3, 0.4) is 0 Å². The number of hydrogen-bond acceptors (Lipinski definition) is 6. The van der Waals surface area contributed by atoms with Crippen molar-refractivity contribution in [1.29, 1.82) is 0 Å². The lowest BCUT2D eigenvalue weighted by atomic mass is 10.3. The third-order valence-corrected chi connectivity index (χ3v) is 4.63. The molecular weight excluding hydrogens is 344 g/mol. The molecule has 3 rings (SSSR count). The Morgan fingerprint density at radius 1 is 1.28 bits per heavy atom. The van der Waals surface area contributed by atoms with Crippen molar-refractivity contribution in [1.82, 2.24) is 4.57 Å². The van der Waals surface area contributed by atoms with Gasteiger partial charge >= 0.3 is 11.9 Å². The van der Waals surface area contributed by atoms with Crippen LogP contribution in [-0.4, -0.2) is 30.7 Å². The molecule has 8 heteroatoms. The lowest BCUT2D eigenvalue weighted by molar-refractivity contribution is -0.140. The van der Waals surface area contributed by atoms with E-state index in [0.717, 1.165) is 10.2 Å². The Morgan fingerprint density at radius 3 is 2.80 bits per heavy atom. The molecule has 0 spiro atoms. The van der Waals surface area contributed by atoms with E-state index in [-0.39, 0.29) is 18.2 Å². The first-order valence-corrected chi connectivity index (χ1v) is 8.31. The average Bonchev–Trinajstić information content (AvgIpc) is 3.27. The molecule has 0 N–H and O–H groups in total. The number of furan rings is 1. The van der Waals surface area contributed by atoms with E-state index in [9.17, 15) is 9.59 Å². The molecule has 0 unspecified atom stereocenters. The van der Waals surface area contributed by atoms with E-state index in [2.05, 4.69) is 4.99 Å². The molecule has 1 aromatic carbocycles. The number of hydrogen-bond donors (Lipinski definition) is 0. The largest absolute Gasteiger partial charge is 0.497 e. The van der Waals surface area contributed by atoms with Gasteiger partial charge in [-0.25, -0.2) is 0 Å². The van der Waals surface area contributed by atoms with Crippen LogP contribution in [0.2, 0.25) is 0 Å². The van der Waals surface area contributed by atoms with E-state index in [1.165, 1.54) is 24.7 Å². The number of ether oxygens (including phenoxy) is 2. The van der Waals surface area contributed by atoms with Crippen molar-refractivity contribution in [2.75, 3.05) is 14.2 Å². The average molecular weight is 360 g/mol. The fraction of sp³-hybridized carbons (Fsp3) is 0.235. The Hall–Kier alpha value is -2.87. The molecule has 7 nitrogen and oxygen atoms in total. The van der Waals surface area contributed by atoms with E-state index >= 15 is 0 Å². The molecule has 0 radical (unpaired) electrons. The Balaban J connectivity index is 2.08. The van der Waals surface area contributed by atoms with Crippen molar-refractivity contribution < 1.29 is 23.5 Å². The molecule has 0 aliphatic rings. The highest BCUT2D eigenvalue weighted by molar-refractivity contribution is 7.16. The Bertz CT molecular complexity index is 969. The second kappa shape index (κ2) is 7.35. The van der Waals surface area contributed by atoms with Crippen molar-refractivity contribution >= 4 is 33.4 Å². The number of thiazole rings is 1. The van der Waals surface area contributed by atoms with Gasteiger partial charge < -0.3 is 18.5 Å². The number of carbonyl (C=O) groups is 2. The smallest absolute Gasteiger partial charge is 0.315 e. The van der Waals surface area contributed by atoms with E-state index in [1.54, 1.807) is 19.2 Å². The molecule has 0 atom stereocenters. The summed E-state index contributed by atoms with van der Waals surface area (Å²) in [4.78, 5) is 28.4. The third-order valence-electron chi connectivity index (χ3n) is 3.59. The molecule has 130 valence electrons. The first kappa shape index (κ1) is 17.0. The normalized spacial score (nSPS) is 11.7. The molecule has 3 aromatic rings. The zero-order valence-corrected chi connectivity index (χ0v) is 14.5. The van der Waals surface area contributed by atoms with Crippen molar-refractivity contribution in [2.45, 2.75) is 13.0 Å². The van der Waals surface area contributed by atoms with Gasteiger partial charge in [-0.2, -0.15) is 4.99 Å². The Kier molecular flexibility index (Phi) is 4.99. The molecule has 2 heterocycles. The maximum atomic E-state index is 12.2. The van der Waals surface area contributed by atoms with E-state index < -0.39 is 5.91 Å². The zero-order valence-electron chi connectivity index (χ0n) is 13.7. The standard InChI is InChI=1S/C17H16N2O5S/c1-22-11-5-6-12-14(10-11)25-17(19(12)8-7-15(20)23-2)18-16(21)13-4-3-9-24-13/h3-6,9-10H,7-8H2,1-2H3. The SMILES string of the molecule is COC(=O)CCn1c(=NC(=O)c2ccco2)sc2cc(OC)ccc21. The molecule has 0 fully saturated rings. The van der Waals surface area contributed by atoms with Crippen LogP contribution in [0, 0.1) is 0 Å². The predicted molar refractivity (Wildman–Crippen MR) is 91.6 cm³/mol. The minimum atomic E-state index is -0.477. The van der Waals surface area contributed by atoms with Crippen molar-refractivity contribution in [3.8, 4) is 5.75 Å². The summed E-state index contributed by atoms with van der Waals surface area (Å²) in [6.45, 7) is 0.350. The highest BCUT2D eigenvalue weighted by Gasteiger charge is 2.13. The zero-order chi connectivity index (χ0) is 17.8. The summed E-state index contributed by atoms with van der Waals surface area (Å²) in [7, 11) is 2.93. The van der Waals surface area contributed by atoms with Crippen LogP contribution in [0.5, 0.6) is 5.75 Å². The maximum absolute atomic E-state index is 12.2. The van der Waals surface area contributed by atoms with Gasteiger partial charge in [-0.1, -0.05) is 11.3 Å². The van der Waals surface area contributed by atoms with Gasteiger partial charge in [0.15, 0.2) is 10.6 Å². The van der Waals surface area contributed by atoms with Crippen LogP contribution < -0.4 is 9.54 Å². The van der Waals surface area contributed by atoms with Crippen LogP contribution in [0.25, 0.3) is 10.2 Å². The third kappa shape index (κ3) is 3.63. The minimum Gasteiger partial charge on any atom is -0.497 e. The lowest BCUT2D eigenvalue weighted by Crippen LogP contribution is -2.19. The van der Waals surface area contributed by atoms with Gasteiger partial charge in [0.05, 0.1) is 37.1 Å². The first-order valence-electron chi connectivity index (χ1n) is 7.49. The molecular formula is C17H16N2O5S. The summed E-state index contributed by atoms with van der Waals surface area (Å²) < 4.78 is 17.7. The van der Waals surface area contributed by atoms with Crippen LogP contribution in [-0.2, 0) is 16.1 Å². The molecule has 0 aliphatic carbocycles. The number of nitrogens with zero attached hydrogens (tertiary/aromatic N) is 2. The summed E-state index contributed by atoms with van der Waals surface area (Å²) in [5.41, 5.74) is 0.862. The Labute approximate surface area is 147 Å². The van der Waals surface area contributed by atoms with E-state index in [0.29, 0.717) is 17.1 Å². The minimum absolute atomic E-state index is 0.162. The maximum Gasteiger partial charge on any atom is 0.315 e. The number of amides is 1. The number of esters is 1. The van der Waals surface area contributed by atoms with Crippen molar-refractivity contribution in [3.05, 3.63) is 47.2 Å². The van der Waals surface area contributed by atoms with Gasteiger partial charge in [0.2, 0.25) is 0 Å². The number of benzene rings is 1. The highest BCUT2D eigenvalue weighted by Crippen LogP contribution is 2.23. The fourth-order valence-electron chi connectivity index (χ4n) is 2.33. The lowest BCUT2D eigenvalue weighted by Gasteiger charge is -2.05. The molecule has 0 saturated heterocycles. The van der Waals surface area contributed by atoms with E-state index in [1.807, 2.05) is 22.8 Å². The van der Waals surface area contributed by atoms with Crippen LogP contribution >= 0.6 is 11.3 Å². The summed E-state index contributed by atoms with van der Waals surface area (Å²) in [5, 5.41) is 0. The van der Waals surface area contributed by atoms with Crippen molar-refractivity contribution in [3.63, 3.8) is 0 Å². The van der Waals surface area contributed by atoms with E-state index in [4.69, 9.17) is 13.9 Å². The van der Waals surface area contributed by atoms with Gasteiger partial charge in [-0.3, -0.25) is 9.59 Å². The van der Waals surface area contributed by atoms with Gasteiger partial charge in [-0.15, -0.1) is 0 Å². The number of carbonyl (C=O) groups excluding carboxylic acids is 2. The van der Waals surface area contributed by atoms with Crippen LogP contribution in [0.4, 0.5) is 0 Å². The number of aromatic nitrogens is 1. The highest BCUT2D eigenvalue weighted by atomic mass is 32.1. The molecule has 0 bridgehead atoms. The summed E-state index contributed by atoms with van der Waals surface area (Å²) in [5.74, 6) is 0.0614. The monoisotopic (exact) mass is 360 g/mol. The van der Waals surface area contributed by atoms with Gasteiger partial charge in [-0.05, 0) is 30.3 Å². The number of aryl methyl sites for hydroxylation is 1. The number of rotatable bonds is 5. The van der Waals surface area contributed by atoms with Crippen LogP contribution in [0.1, 0.15) is 17.0 Å². The quantitative estimate of drug-likeness (QED) is 0.653. The van der Waals surface area contributed by atoms with Gasteiger partial charge in [0.1, 0.15) is 5.75 Å². The molecule has 0 saturated carbocycles. The Morgan fingerprint density at radius 2 is 2.12 bits per heavy atom. The topological polar surface area (TPSA) is 83.0 Å². The molecule has 25 heavy (non-hydrogen) atoms. The predicted octanol–water partition coefficient (Wildman–Crippen LogP) is 2.61. The summed E-state index contributed by atoms with van der Waals surface area (Å²) in [6.07, 6.45) is 1.60. The molecule has 1 amide bonds. The molecule has 2 aromatic heterocycles. The fourth-order valence-corrected chi connectivity index (χ4v) is 3.41.